The van der Waals surface area contributed by atoms with Crippen molar-refractivity contribution in [2.75, 3.05) is 13.2 Å². The highest BCUT2D eigenvalue weighted by Crippen LogP contribution is 2.42. The summed E-state index contributed by atoms with van der Waals surface area (Å²) in [5.41, 5.74) is 0.114. The van der Waals surface area contributed by atoms with Crippen molar-refractivity contribution in [3.05, 3.63) is 82.9 Å². The summed E-state index contributed by atoms with van der Waals surface area (Å²) in [6, 6.07) is 7.21. The first-order valence-electron chi connectivity index (χ1n) is 14.3. The average Bonchev–Trinajstić information content (AvgIpc) is 3.00. The minimum absolute atomic E-state index is 0.0835. The number of hydrogen-bond acceptors (Lipinski definition) is 3. The first-order valence-corrected chi connectivity index (χ1v) is 14.3. The van der Waals surface area contributed by atoms with Crippen molar-refractivity contribution in [3.8, 4) is 28.4 Å². The van der Waals surface area contributed by atoms with Crippen LogP contribution >= 0.6 is 0 Å². The number of ether oxygens (including phenoxy) is 2. The van der Waals surface area contributed by atoms with Gasteiger partial charge < -0.3 is 14.6 Å². The zero-order valence-corrected chi connectivity index (χ0v) is 23.2. The fraction of sp³-hybridized carbons (Fsp3) is 0.394. The highest BCUT2D eigenvalue weighted by atomic mass is 19.2. The Hall–Kier alpha value is -3.62. The molecule has 0 aliphatic heterocycles. The number of rotatable bonds is 8. The molecule has 0 spiro atoms. The zero-order chi connectivity index (χ0) is 30.0. The van der Waals surface area contributed by atoms with Crippen molar-refractivity contribution in [2.45, 2.75) is 51.9 Å². The second kappa shape index (κ2) is 12.7. The van der Waals surface area contributed by atoms with E-state index in [-0.39, 0.29) is 36.2 Å². The second-order valence-corrected chi connectivity index (χ2v) is 11.0. The van der Waals surface area contributed by atoms with Gasteiger partial charge in [-0.15, -0.1) is 0 Å². The van der Waals surface area contributed by atoms with Gasteiger partial charge in [-0.25, -0.2) is 13.2 Å². The van der Waals surface area contributed by atoms with Crippen molar-refractivity contribution in [1.29, 1.82) is 0 Å². The third kappa shape index (κ3) is 5.96. The largest absolute Gasteiger partial charge is 0.505 e. The normalized spacial score (nSPS) is 20.7. The summed E-state index contributed by atoms with van der Waals surface area (Å²) in [4.78, 5) is 0. The molecule has 1 atom stereocenters. The molecule has 5 rings (SSSR count). The summed E-state index contributed by atoms with van der Waals surface area (Å²) in [6.07, 6.45) is 7.98. The zero-order valence-electron chi connectivity index (χ0n) is 23.2. The highest BCUT2D eigenvalue weighted by molar-refractivity contribution is 5.68. The van der Waals surface area contributed by atoms with E-state index in [1.54, 1.807) is 13.0 Å². The maximum absolute atomic E-state index is 14.8. The minimum Gasteiger partial charge on any atom is -0.505 e. The highest BCUT2D eigenvalue weighted by Gasteiger charge is 2.30. The molecule has 1 N–H and O–H groups in total. The van der Waals surface area contributed by atoms with E-state index >= 15 is 0 Å². The number of hydrogen-bond donors (Lipinski definition) is 1. The lowest BCUT2D eigenvalue weighted by atomic mass is 9.71. The molecule has 9 heteroatoms. The summed E-state index contributed by atoms with van der Waals surface area (Å²) in [7, 11) is 0. The third-order valence-electron chi connectivity index (χ3n) is 8.58. The predicted octanol–water partition coefficient (Wildman–Crippen LogP) is 9.36. The molecule has 1 fully saturated rings. The van der Waals surface area contributed by atoms with Gasteiger partial charge in [0.2, 0.25) is 17.5 Å². The lowest BCUT2D eigenvalue weighted by Crippen LogP contribution is -2.26. The van der Waals surface area contributed by atoms with Crippen LogP contribution in [0.2, 0.25) is 0 Å². The van der Waals surface area contributed by atoms with Gasteiger partial charge in [0.05, 0.1) is 13.2 Å². The fourth-order valence-corrected chi connectivity index (χ4v) is 6.21. The third-order valence-corrected chi connectivity index (χ3v) is 8.58. The van der Waals surface area contributed by atoms with Crippen molar-refractivity contribution >= 4 is 5.57 Å². The van der Waals surface area contributed by atoms with Crippen LogP contribution in [0.5, 0.6) is 17.2 Å². The number of benzene rings is 3. The number of allylic oxidation sites excluding steroid dienone is 2. The second-order valence-electron chi connectivity index (χ2n) is 11.0. The SMILES string of the molecule is CCOc1ccc(C2=CCC(C3CCC(COc4ccc(-c5ccc(O)c(F)c5F)c(F)c4F)CC3)CC2)c(F)c1F. The first kappa shape index (κ1) is 29.9. The van der Waals surface area contributed by atoms with Gasteiger partial charge in [-0.05, 0) is 112 Å². The van der Waals surface area contributed by atoms with E-state index in [1.165, 1.54) is 12.1 Å². The molecule has 0 amide bonds. The Morgan fingerprint density at radius 2 is 1.21 bits per heavy atom. The van der Waals surface area contributed by atoms with E-state index in [2.05, 4.69) is 0 Å². The topological polar surface area (TPSA) is 38.7 Å². The van der Waals surface area contributed by atoms with Crippen LogP contribution in [0.15, 0.2) is 42.5 Å². The fourth-order valence-electron chi connectivity index (χ4n) is 6.21. The Balaban J connectivity index is 1.14. The summed E-state index contributed by atoms with van der Waals surface area (Å²) in [6.45, 7) is 2.16. The standard InChI is InChI=1S/C33H32F6O3/c1-2-41-26-15-12-22(28(34)32(26)38)21-9-7-20(8-10-21)19-5-3-18(4-6-19)17-42-27-16-13-24(30(36)33(27)39)23-11-14-25(40)31(37)29(23)35/h9,11-16,18-20,40H,2-8,10,17H2,1H3. The van der Waals surface area contributed by atoms with Gasteiger partial charge in [0, 0.05) is 16.7 Å². The van der Waals surface area contributed by atoms with Crippen LogP contribution in [0.4, 0.5) is 26.3 Å². The van der Waals surface area contributed by atoms with E-state index in [0.29, 0.717) is 18.3 Å². The van der Waals surface area contributed by atoms with Gasteiger partial charge in [0.25, 0.3) is 0 Å². The quantitative estimate of drug-likeness (QED) is 0.266. The van der Waals surface area contributed by atoms with E-state index in [9.17, 15) is 31.4 Å². The molecular formula is C33H32F6O3. The van der Waals surface area contributed by atoms with Crippen LogP contribution < -0.4 is 9.47 Å². The molecule has 0 radical (unpaired) electrons. The van der Waals surface area contributed by atoms with Gasteiger partial charge in [0.1, 0.15) is 0 Å². The molecule has 224 valence electrons. The van der Waals surface area contributed by atoms with Crippen LogP contribution in [0.25, 0.3) is 16.7 Å². The molecule has 0 bridgehead atoms. The monoisotopic (exact) mass is 590 g/mol. The molecule has 3 aromatic rings. The molecule has 1 saturated carbocycles. The number of halogens is 6. The van der Waals surface area contributed by atoms with Gasteiger partial charge >= 0.3 is 0 Å². The molecule has 42 heavy (non-hydrogen) atoms. The van der Waals surface area contributed by atoms with Crippen molar-refractivity contribution in [2.24, 2.45) is 17.8 Å². The van der Waals surface area contributed by atoms with E-state index in [4.69, 9.17) is 9.47 Å². The molecule has 0 heterocycles. The maximum atomic E-state index is 14.8. The lowest BCUT2D eigenvalue weighted by Gasteiger charge is -2.35. The average molecular weight is 591 g/mol. The Morgan fingerprint density at radius 3 is 1.83 bits per heavy atom. The van der Waals surface area contributed by atoms with Gasteiger partial charge in [-0.2, -0.15) is 13.2 Å². The van der Waals surface area contributed by atoms with Gasteiger partial charge in [-0.1, -0.05) is 6.08 Å². The van der Waals surface area contributed by atoms with Crippen molar-refractivity contribution in [3.63, 3.8) is 0 Å². The summed E-state index contributed by atoms with van der Waals surface area (Å²) >= 11 is 0. The molecule has 3 nitrogen and oxygen atoms in total. The molecule has 0 saturated heterocycles. The number of phenolic OH excluding ortho intramolecular Hbond substituents is 1. The van der Waals surface area contributed by atoms with Crippen molar-refractivity contribution < 1.29 is 40.9 Å². The van der Waals surface area contributed by atoms with Gasteiger partial charge in [-0.3, -0.25) is 0 Å². The van der Waals surface area contributed by atoms with Crippen LogP contribution in [-0.2, 0) is 0 Å². The van der Waals surface area contributed by atoms with Crippen LogP contribution in [-0.4, -0.2) is 18.3 Å². The predicted molar refractivity (Wildman–Crippen MR) is 147 cm³/mol. The minimum atomic E-state index is -1.54. The molecule has 1 unspecified atom stereocenters. The maximum Gasteiger partial charge on any atom is 0.201 e. The lowest BCUT2D eigenvalue weighted by molar-refractivity contribution is 0.146. The summed E-state index contributed by atoms with van der Waals surface area (Å²) in [5, 5.41) is 9.28. The smallest absolute Gasteiger partial charge is 0.201 e. The first-order chi connectivity index (χ1) is 20.2. The van der Waals surface area contributed by atoms with E-state index < -0.39 is 51.8 Å². The van der Waals surface area contributed by atoms with Crippen LogP contribution in [0.3, 0.4) is 0 Å². The molecule has 3 aromatic carbocycles. The Morgan fingerprint density at radius 1 is 0.643 bits per heavy atom. The van der Waals surface area contributed by atoms with Crippen LogP contribution in [0.1, 0.15) is 57.4 Å². The van der Waals surface area contributed by atoms with E-state index in [0.717, 1.165) is 62.3 Å². The summed E-state index contributed by atoms with van der Waals surface area (Å²) in [5.74, 6) is -7.73. The van der Waals surface area contributed by atoms with Crippen molar-refractivity contribution in [1.82, 2.24) is 0 Å². The Labute approximate surface area is 240 Å². The number of aromatic hydroxyl groups is 1. The molecule has 0 aromatic heterocycles. The Bertz CT molecular complexity index is 1480. The molecule has 2 aliphatic carbocycles. The number of phenols is 1. The van der Waals surface area contributed by atoms with Gasteiger partial charge in [0.15, 0.2) is 34.7 Å². The Kier molecular flexibility index (Phi) is 9.04. The van der Waals surface area contributed by atoms with Crippen LogP contribution in [0, 0.1) is 52.7 Å². The molecule has 2 aliphatic rings. The summed E-state index contributed by atoms with van der Waals surface area (Å²) < 4.78 is 97.1. The molecular weight excluding hydrogens is 558 g/mol. The van der Waals surface area contributed by atoms with E-state index in [1.807, 2.05) is 6.08 Å².